The van der Waals surface area contributed by atoms with Crippen molar-refractivity contribution in [3.05, 3.63) is 0 Å². The van der Waals surface area contributed by atoms with Crippen LogP contribution in [0.15, 0.2) is 0 Å². The summed E-state index contributed by atoms with van der Waals surface area (Å²) >= 11 is 12.0. The van der Waals surface area contributed by atoms with Gasteiger partial charge in [0.1, 0.15) is 17.2 Å². The highest BCUT2D eigenvalue weighted by atomic mass is 35.5. The zero-order chi connectivity index (χ0) is 20.2. The molecule has 8 heteroatoms. The van der Waals surface area contributed by atoms with Crippen molar-refractivity contribution < 1.29 is 14.4 Å². The number of amides is 3. The number of aldehydes is 1. The third kappa shape index (κ3) is 5.74. The summed E-state index contributed by atoms with van der Waals surface area (Å²) in [4.78, 5) is 38.1. The van der Waals surface area contributed by atoms with Crippen molar-refractivity contribution in [2.24, 2.45) is 11.3 Å². The first-order valence-corrected chi connectivity index (χ1v) is 10.6. The number of halogens is 2. The van der Waals surface area contributed by atoms with Gasteiger partial charge < -0.3 is 20.3 Å². The van der Waals surface area contributed by atoms with Crippen LogP contribution in [0.4, 0.5) is 4.79 Å². The van der Waals surface area contributed by atoms with Crippen molar-refractivity contribution in [2.45, 2.75) is 82.3 Å². The lowest BCUT2D eigenvalue weighted by molar-refractivity contribution is -0.139. The van der Waals surface area contributed by atoms with Gasteiger partial charge in [0, 0.05) is 18.5 Å². The van der Waals surface area contributed by atoms with Gasteiger partial charge >= 0.3 is 6.03 Å². The molecule has 0 aromatic rings. The molecule has 1 aliphatic heterocycles. The average molecular weight is 420 g/mol. The van der Waals surface area contributed by atoms with E-state index in [-0.39, 0.29) is 23.9 Å². The first kappa shape index (κ1) is 22.3. The molecular weight excluding hydrogens is 389 g/mol. The molecular formula is C19H31Cl2N3O3. The van der Waals surface area contributed by atoms with E-state index in [1.165, 1.54) is 11.3 Å². The molecule has 6 nitrogen and oxygen atoms in total. The van der Waals surface area contributed by atoms with Crippen molar-refractivity contribution in [1.29, 1.82) is 0 Å². The molecule has 0 radical (unpaired) electrons. The highest BCUT2D eigenvalue weighted by molar-refractivity contribution is 6.44. The van der Waals surface area contributed by atoms with Gasteiger partial charge in [-0.2, -0.15) is 0 Å². The Morgan fingerprint density at radius 2 is 1.74 bits per heavy atom. The summed E-state index contributed by atoms with van der Waals surface area (Å²) in [5, 5.41) is 5.83. The van der Waals surface area contributed by atoms with Crippen molar-refractivity contribution >= 4 is 41.4 Å². The predicted octanol–water partition coefficient (Wildman–Crippen LogP) is 3.25. The molecule has 1 saturated heterocycles. The summed E-state index contributed by atoms with van der Waals surface area (Å²) in [6, 6.07) is -1.58. The van der Waals surface area contributed by atoms with Crippen LogP contribution in [0, 0.1) is 11.3 Å². The third-order valence-corrected chi connectivity index (χ3v) is 6.22. The Labute approximate surface area is 171 Å². The van der Waals surface area contributed by atoms with Gasteiger partial charge in [0.15, 0.2) is 0 Å². The molecule has 0 bridgehead atoms. The van der Waals surface area contributed by atoms with Gasteiger partial charge in [0.25, 0.3) is 0 Å². The van der Waals surface area contributed by atoms with Crippen LogP contribution >= 0.6 is 23.2 Å². The molecule has 0 spiro atoms. The second-order valence-corrected chi connectivity index (χ2v) is 9.86. The van der Waals surface area contributed by atoms with E-state index in [0.29, 0.717) is 13.0 Å². The molecule has 1 aliphatic carbocycles. The van der Waals surface area contributed by atoms with Crippen molar-refractivity contribution in [3.63, 3.8) is 0 Å². The number of carbonyl (C=O) groups is 3. The maximum Gasteiger partial charge on any atom is 0.315 e. The summed E-state index contributed by atoms with van der Waals surface area (Å²) in [5.41, 5.74) is -0.506. The smallest absolute Gasteiger partial charge is 0.315 e. The van der Waals surface area contributed by atoms with E-state index >= 15 is 0 Å². The average Bonchev–Trinajstić information content (AvgIpc) is 3.03. The lowest BCUT2D eigenvalue weighted by Crippen LogP contribution is -2.59. The van der Waals surface area contributed by atoms with Crippen LogP contribution in [0.3, 0.4) is 0 Å². The van der Waals surface area contributed by atoms with Crippen LogP contribution in [-0.2, 0) is 9.59 Å². The van der Waals surface area contributed by atoms with Gasteiger partial charge in [-0.25, -0.2) is 4.79 Å². The fourth-order valence-corrected chi connectivity index (χ4v) is 4.52. The number of nitrogens with one attached hydrogen (secondary N) is 2. The number of urea groups is 1. The zero-order valence-corrected chi connectivity index (χ0v) is 17.9. The maximum absolute atomic E-state index is 13.2. The number of hydrogen-bond donors (Lipinski definition) is 2. The van der Waals surface area contributed by atoms with Crippen molar-refractivity contribution in [3.8, 4) is 0 Å². The molecule has 1 heterocycles. The number of likely N-dealkylation sites (tertiary alicyclic amines) is 1. The molecule has 0 aromatic heterocycles. The first-order valence-electron chi connectivity index (χ1n) is 9.76. The maximum atomic E-state index is 13.2. The van der Waals surface area contributed by atoms with E-state index in [9.17, 15) is 14.4 Å². The minimum absolute atomic E-state index is 0.154. The van der Waals surface area contributed by atoms with Gasteiger partial charge in [0.2, 0.25) is 5.91 Å². The largest absolute Gasteiger partial charge is 0.335 e. The summed E-state index contributed by atoms with van der Waals surface area (Å²) in [7, 11) is 0. The van der Waals surface area contributed by atoms with Crippen LogP contribution in [0.1, 0.15) is 59.3 Å². The number of rotatable bonds is 5. The first-order chi connectivity index (χ1) is 12.6. The summed E-state index contributed by atoms with van der Waals surface area (Å²) in [6.45, 7) is 6.09. The number of carbonyl (C=O) groups excluding carboxylic acids is 3. The summed E-state index contributed by atoms with van der Waals surface area (Å²) in [6.07, 6.45) is 6.66. The van der Waals surface area contributed by atoms with Crippen LogP contribution in [0.2, 0.25) is 0 Å². The van der Waals surface area contributed by atoms with E-state index in [1.807, 2.05) is 20.8 Å². The zero-order valence-electron chi connectivity index (χ0n) is 16.3. The molecule has 2 rings (SSSR count). The number of nitrogens with zero attached hydrogens (tertiary/aromatic N) is 1. The molecule has 3 unspecified atom stereocenters. The molecule has 1 saturated carbocycles. The monoisotopic (exact) mass is 419 g/mol. The van der Waals surface area contributed by atoms with E-state index in [4.69, 9.17) is 23.2 Å². The predicted molar refractivity (Wildman–Crippen MR) is 107 cm³/mol. The minimum Gasteiger partial charge on any atom is -0.335 e. The minimum atomic E-state index is -0.744. The van der Waals surface area contributed by atoms with Crippen molar-refractivity contribution in [1.82, 2.24) is 15.5 Å². The third-order valence-electron chi connectivity index (χ3n) is 5.58. The molecule has 2 N–H and O–H groups in total. The molecule has 3 amide bonds. The Kier molecular flexibility index (Phi) is 7.81. The van der Waals surface area contributed by atoms with E-state index < -0.39 is 22.3 Å². The van der Waals surface area contributed by atoms with E-state index in [2.05, 4.69) is 10.6 Å². The van der Waals surface area contributed by atoms with Gasteiger partial charge in [0.05, 0.1) is 6.04 Å². The lowest BCUT2D eigenvalue weighted by Gasteiger charge is -2.36. The Balaban J connectivity index is 2.07. The molecule has 2 fully saturated rings. The van der Waals surface area contributed by atoms with E-state index in [1.54, 1.807) is 0 Å². The summed E-state index contributed by atoms with van der Waals surface area (Å²) < 4.78 is 0. The second-order valence-electron chi connectivity index (χ2n) is 8.70. The number of hydrogen-bond acceptors (Lipinski definition) is 3. The topological polar surface area (TPSA) is 78.5 Å². The Morgan fingerprint density at radius 1 is 1.11 bits per heavy atom. The quantitative estimate of drug-likeness (QED) is 0.530. The van der Waals surface area contributed by atoms with Gasteiger partial charge in [-0.1, -0.05) is 40.0 Å². The normalized spacial score (nSPS) is 25.3. The lowest BCUT2D eigenvalue weighted by atomic mass is 9.85. The second kappa shape index (κ2) is 9.46. The van der Waals surface area contributed by atoms with Gasteiger partial charge in [-0.15, -0.1) is 23.2 Å². The van der Waals surface area contributed by atoms with Crippen LogP contribution in [0.5, 0.6) is 0 Å². The van der Waals surface area contributed by atoms with Gasteiger partial charge in [-0.3, -0.25) is 4.79 Å². The SMILES string of the molecule is CC(C)(C)C(NC(=O)NC1CCCCC1)C(=O)N1CCC(C(Cl)Cl)C1C=O. The molecule has 0 aromatic carbocycles. The fourth-order valence-electron chi connectivity index (χ4n) is 3.97. The molecule has 154 valence electrons. The van der Waals surface area contributed by atoms with Crippen molar-refractivity contribution in [2.75, 3.05) is 6.54 Å². The van der Waals surface area contributed by atoms with Gasteiger partial charge in [-0.05, 0) is 24.7 Å². The highest BCUT2D eigenvalue weighted by Gasteiger charge is 2.44. The Bertz CT molecular complexity index is 545. The van der Waals surface area contributed by atoms with Crippen LogP contribution in [-0.4, -0.2) is 52.6 Å². The Hall–Kier alpha value is -1.01. The van der Waals surface area contributed by atoms with Crippen LogP contribution < -0.4 is 10.6 Å². The highest BCUT2D eigenvalue weighted by Crippen LogP contribution is 2.33. The van der Waals surface area contributed by atoms with Crippen LogP contribution in [0.25, 0.3) is 0 Å². The van der Waals surface area contributed by atoms with E-state index in [0.717, 1.165) is 32.0 Å². The molecule has 3 atom stereocenters. The molecule has 2 aliphatic rings. The summed E-state index contributed by atoms with van der Waals surface area (Å²) in [5.74, 6) is -0.554. The fraction of sp³-hybridized carbons (Fsp3) is 0.842. The Morgan fingerprint density at radius 3 is 2.26 bits per heavy atom. The molecule has 27 heavy (non-hydrogen) atoms. The number of alkyl halides is 2. The standard InChI is InChI=1S/C19H31Cl2N3O3/c1-19(2,3)15(23-18(27)22-12-7-5-4-6-8-12)17(26)24-10-9-13(16(20)21)14(24)11-25/h11-16H,4-10H2,1-3H3,(H2,22,23,27).